The maximum Gasteiger partial charge on any atom is 0.339 e. The van der Waals surface area contributed by atoms with Crippen LogP contribution in [0.15, 0.2) is 29.2 Å². The molecule has 0 bridgehead atoms. The van der Waals surface area contributed by atoms with Gasteiger partial charge in [-0.1, -0.05) is 12.1 Å². The van der Waals surface area contributed by atoms with Crippen molar-refractivity contribution in [2.75, 3.05) is 20.2 Å². The predicted octanol–water partition coefficient (Wildman–Crippen LogP) is 0.132. The molecule has 0 saturated carbocycles. The second kappa shape index (κ2) is 7.32. The lowest BCUT2D eigenvalue weighted by Crippen LogP contribution is -2.30. The number of esters is 1. The molecule has 0 fully saturated rings. The first-order valence-electron chi connectivity index (χ1n) is 4.90. The van der Waals surface area contributed by atoms with Crippen molar-refractivity contribution in [2.45, 2.75) is 4.90 Å². The molecule has 3 N–H and O–H groups in total. The Kier molecular flexibility index (Phi) is 6.85. The lowest BCUT2D eigenvalue weighted by atomic mass is 10.2. The van der Waals surface area contributed by atoms with Crippen molar-refractivity contribution in [1.82, 2.24) is 4.72 Å². The van der Waals surface area contributed by atoms with E-state index in [1.165, 1.54) is 25.3 Å². The normalized spacial score (nSPS) is 10.6. The molecule has 0 unspecified atom stereocenters. The molecule has 1 aromatic rings. The molecule has 8 heteroatoms. The molecule has 18 heavy (non-hydrogen) atoms. The maximum atomic E-state index is 11.9. The topological polar surface area (TPSA) is 98.5 Å². The molecule has 0 heterocycles. The Morgan fingerprint density at radius 2 is 2.00 bits per heavy atom. The van der Waals surface area contributed by atoms with Crippen LogP contribution in [-0.2, 0) is 14.8 Å². The second-order valence-corrected chi connectivity index (χ2v) is 4.91. The number of sulfonamides is 1. The predicted molar refractivity (Wildman–Crippen MR) is 69.3 cm³/mol. The minimum atomic E-state index is -3.74. The third kappa shape index (κ3) is 3.95. The first-order valence-corrected chi connectivity index (χ1v) is 6.38. The number of ether oxygens (including phenoxy) is 1. The van der Waals surface area contributed by atoms with E-state index in [0.717, 1.165) is 0 Å². The monoisotopic (exact) mass is 294 g/mol. The number of benzene rings is 1. The molecule has 0 radical (unpaired) electrons. The van der Waals surface area contributed by atoms with E-state index in [2.05, 4.69) is 9.46 Å². The van der Waals surface area contributed by atoms with Gasteiger partial charge in [-0.2, -0.15) is 0 Å². The minimum Gasteiger partial charge on any atom is -0.465 e. The lowest BCUT2D eigenvalue weighted by Gasteiger charge is -2.09. The van der Waals surface area contributed by atoms with Gasteiger partial charge in [0.1, 0.15) is 0 Å². The van der Waals surface area contributed by atoms with E-state index in [1.54, 1.807) is 6.07 Å². The first-order chi connectivity index (χ1) is 8.03. The fourth-order valence-electron chi connectivity index (χ4n) is 1.25. The van der Waals surface area contributed by atoms with Crippen LogP contribution in [0.2, 0.25) is 0 Å². The number of nitrogens with one attached hydrogen (secondary N) is 1. The van der Waals surface area contributed by atoms with Gasteiger partial charge in [0.25, 0.3) is 0 Å². The van der Waals surface area contributed by atoms with Crippen molar-refractivity contribution in [3.05, 3.63) is 29.8 Å². The molecule has 1 aromatic carbocycles. The Labute approximate surface area is 112 Å². The van der Waals surface area contributed by atoms with E-state index in [-0.39, 0.29) is 36.0 Å². The van der Waals surface area contributed by atoms with Crippen LogP contribution < -0.4 is 10.5 Å². The van der Waals surface area contributed by atoms with Crippen LogP contribution in [0.4, 0.5) is 0 Å². The van der Waals surface area contributed by atoms with Crippen molar-refractivity contribution in [3.63, 3.8) is 0 Å². The number of halogens is 1. The second-order valence-electron chi connectivity index (χ2n) is 3.17. The van der Waals surface area contributed by atoms with Crippen LogP contribution in [0.25, 0.3) is 0 Å². The van der Waals surface area contributed by atoms with Crippen molar-refractivity contribution < 1.29 is 17.9 Å². The van der Waals surface area contributed by atoms with E-state index >= 15 is 0 Å². The first kappa shape index (κ1) is 16.9. The molecule has 0 amide bonds. The lowest BCUT2D eigenvalue weighted by molar-refractivity contribution is 0.0596. The highest BCUT2D eigenvalue weighted by Gasteiger charge is 2.21. The van der Waals surface area contributed by atoms with Crippen molar-refractivity contribution in [1.29, 1.82) is 0 Å². The highest BCUT2D eigenvalue weighted by Crippen LogP contribution is 2.15. The van der Waals surface area contributed by atoms with Crippen molar-refractivity contribution in [2.24, 2.45) is 5.73 Å². The Morgan fingerprint density at radius 1 is 1.39 bits per heavy atom. The SMILES string of the molecule is COC(=O)c1ccccc1S(=O)(=O)NCCN.Cl. The van der Waals surface area contributed by atoms with Crippen LogP contribution >= 0.6 is 12.4 Å². The van der Waals surface area contributed by atoms with Crippen LogP contribution in [0, 0.1) is 0 Å². The molecule has 6 nitrogen and oxygen atoms in total. The summed E-state index contributed by atoms with van der Waals surface area (Å²) >= 11 is 0. The van der Waals surface area contributed by atoms with Gasteiger partial charge in [-0.15, -0.1) is 12.4 Å². The van der Waals surface area contributed by atoms with Crippen LogP contribution in [-0.4, -0.2) is 34.6 Å². The Balaban J connectivity index is 0.00000289. The van der Waals surface area contributed by atoms with E-state index in [9.17, 15) is 13.2 Å². The highest BCUT2D eigenvalue weighted by atomic mass is 35.5. The van der Waals surface area contributed by atoms with Gasteiger partial charge in [0.2, 0.25) is 10.0 Å². The van der Waals surface area contributed by atoms with E-state index in [0.29, 0.717) is 0 Å². The van der Waals surface area contributed by atoms with E-state index < -0.39 is 16.0 Å². The quantitative estimate of drug-likeness (QED) is 0.752. The van der Waals surface area contributed by atoms with Gasteiger partial charge in [-0.3, -0.25) is 0 Å². The summed E-state index contributed by atoms with van der Waals surface area (Å²) in [7, 11) is -2.55. The summed E-state index contributed by atoms with van der Waals surface area (Å²) < 4.78 is 30.5. The summed E-state index contributed by atoms with van der Waals surface area (Å²) in [6.07, 6.45) is 0. The summed E-state index contributed by atoms with van der Waals surface area (Å²) in [6.45, 7) is 0.289. The number of nitrogens with two attached hydrogens (primary N) is 1. The fourth-order valence-corrected chi connectivity index (χ4v) is 2.49. The summed E-state index contributed by atoms with van der Waals surface area (Å²) in [5.74, 6) is -0.696. The Morgan fingerprint density at radius 3 is 2.56 bits per heavy atom. The van der Waals surface area contributed by atoms with Gasteiger partial charge in [0.05, 0.1) is 17.6 Å². The van der Waals surface area contributed by atoms with Crippen LogP contribution in [0.5, 0.6) is 0 Å². The average Bonchev–Trinajstić information content (AvgIpc) is 2.35. The van der Waals surface area contributed by atoms with E-state index in [1.807, 2.05) is 0 Å². The molecule has 0 atom stereocenters. The van der Waals surface area contributed by atoms with Gasteiger partial charge in [-0.25, -0.2) is 17.9 Å². The van der Waals surface area contributed by atoms with Crippen molar-refractivity contribution >= 4 is 28.4 Å². The third-order valence-corrected chi connectivity index (χ3v) is 3.54. The summed E-state index contributed by atoms with van der Waals surface area (Å²) in [5, 5.41) is 0. The highest BCUT2D eigenvalue weighted by molar-refractivity contribution is 7.89. The van der Waals surface area contributed by atoms with Gasteiger partial charge in [0, 0.05) is 13.1 Å². The maximum absolute atomic E-state index is 11.9. The zero-order valence-electron chi connectivity index (χ0n) is 9.75. The van der Waals surface area contributed by atoms with E-state index in [4.69, 9.17) is 5.73 Å². The number of carbonyl (C=O) groups is 1. The van der Waals surface area contributed by atoms with Gasteiger partial charge in [0.15, 0.2) is 0 Å². The summed E-state index contributed by atoms with van der Waals surface area (Å²) in [6, 6.07) is 5.83. The number of rotatable bonds is 5. The molecule has 102 valence electrons. The number of carbonyl (C=O) groups excluding carboxylic acids is 1. The third-order valence-electron chi connectivity index (χ3n) is 2.02. The van der Waals surface area contributed by atoms with Crippen LogP contribution in [0.3, 0.4) is 0 Å². The molecular weight excluding hydrogens is 280 g/mol. The van der Waals surface area contributed by atoms with Gasteiger partial charge < -0.3 is 10.5 Å². The summed E-state index contributed by atoms with van der Waals surface area (Å²) in [4.78, 5) is 11.3. The fraction of sp³-hybridized carbons (Fsp3) is 0.300. The number of methoxy groups -OCH3 is 1. The Bertz CT molecular complexity index is 504. The molecule has 0 aromatic heterocycles. The zero-order valence-corrected chi connectivity index (χ0v) is 11.4. The summed E-state index contributed by atoms with van der Waals surface area (Å²) in [5.41, 5.74) is 5.22. The number of hydrogen-bond acceptors (Lipinski definition) is 5. The van der Waals surface area contributed by atoms with Crippen LogP contribution in [0.1, 0.15) is 10.4 Å². The van der Waals surface area contributed by atoms with Gasteiger partial charge >= 0.3 is 5.97 Å². The van der Waals surface area contributed by atoms with Crippen molar-refractivity contribution in [3.8, 4) is 0 Å². The molecule has 0 aliphatic heterocycles. The number of hydrogen-bond donors (Lipinski definition) is 2. The molecule has 0 aliphatic rings. The standard InChI is InChI=1S/C10H14N2O4S.ClH/c1-16-10(13)8-4-2-3-5-9(8)17(14,15)12-7-6-11;/h2-5,12H,6-7,11H2,1H3;1H. The average molecular weight is 295 g/mol. The molecule has 0 aliphatic carbocycles. The Hall–Kier alpha value is -1.15. The molecule has 1 rings (SSSR count). The molecule has 0 saturated heterocycles. The smallest absolute Gasteiger partial charge is 0.339 e. The molecule has 0 spiro atoms. The molecular formula is C10H15ClN2O4S. The minimum absolute atomic E-state index is 0. The zero-order chi connectivity index (χ0) is 12.9. The van der Waals surface area contributed by atoms with Gasteiger partial charge in [-0.05, 0) is 12.1 Å². The largest absolute Gasteiger partial charge is 0.465 e.